The summed E-state index contributed by atoms with van der Waals surface area (Å²) in [6.45, 7) is 0.675. The predicted octanol–water partition coefficient (Wildman–Crippen LogP) is 3.69. The number of piperidine rings is 1. The second-order valence-electron chi connectivity index (χ2n) is 5.83. The first-order chi connectivity index (χ1) is 11.9. The number of hydrogen-bond acceptors (Lipinski definition) is 5. The molecular formula is C17H18ClNO4S2. The van der Waals surface area contributed by atoms with Gasteiger partial charge in [0.15, 0.2) is 5.78 Å². The van der Waals surface area contributed by atoms with E-state index in [0.717, 1.165) is 11.3 Å². The third-order valence-electron chi connectivity index (χ3n) is 4.34. The zero-order valence-electron chi connectivity index (χ0n) is 13.6. The Kier molecular flexibility index (Phi) is 5.48. The van der Waals surface area contributed by atoms with E-state index in [1.54, 1.807) is 37.4 Å². The van der Waals surface area contributed by atoms with Gasteiger partial charge in [0.25, 0.3) is 10.0 Å². The summed E-state index contributed by atoms with van der Waals surface area (Å²) in [5, 5.41) is 0. The fourth-order valence-corrected chi connectivity index (χ4v) is 6.02. The van der Waals surface area contributed by atoms with Crippen molar-refractivity contribution in [2.75, 3.05) is 20.2 Å². The van der Waals surface area contributed by atoms with Crippen molar-refractivity contribution < 1.29 is 17.9 Å². The first-order valence-electron chi connectivity index (χ1n) is 7.85. The molecule has 1 aliphatic rings. The van der Waals surface area contributed by atoms with Crippen molar-refractivity contribution in [1.82, 2.24) is 4.31 Å². The van der Waals surface area contributed by atoms with Crippen molar-refractivity contribution in [1.29, 1.82) is 0 Å². The summed E-state index contributed by atoms with van der Waals surface area (Å²) in [5.41, 5.74) is 0.632. The number of rotatable bonds is 5. The Morgan fingerprint density at radius 2 is 1.80 bits per heavy atom. The van der Waals surface area contributed by atoms with Crippen LogP contribution in [-0.2, 0) is 10.0 Å². The van der Waals surface area contributed by atoms with Crippen LogP contribution in [-0.4, -0.2) is 38.7 Å². The molecule has 8 heteroatoms. The normalized spacial score (nSPS) is 16.7. The van der Waals surface area contributed by atoms with E-state index in [1.807, 2.05) is 0 Å². The highest BCUT2D eigenvalue weighted by molar-refractivity contribution is 7.91. The van der Waals surface area contributed by atoms with Gasteiger partial charge in [0, 0.05) is 24.6 Å². The number of benzene rings is 1. The van der Waals surface area contributed by atoms with E-state index in [-0.39, 0.29) is 15.9 Å². The molecule has 0 aliphatic carbocycles. The minimum Gasteiger partial charge on any atom is -0.497 e. The van der Waals surface area contributed by atoms with Crippen LogP contribution < -0.4 is 4.74 Å². The van der Waals surface area contributed by atoms with E-state index in [1.165, 1.54) is 10.4 Å². The number of nitrogens with zero attached hydrogens (tertiary/aromatic N) is 1. The molecule has 0 radical (unpaired) electrons. The quantitative estimate of drug-likeness (QED) is 0.719. The molecule has 0 spiro atoms. The number of ether oxygens (including phenoxy) is 1. The van der Waals surface area contributed by atoms with Crippen LogP contribution in [0, 0.1) is 5.92 Å². The summed E-state index contributed by atoms with van der Waals surface area (Å²) < 4.78 is 32.4. The Bertz CT molecular complexity index is 853. The Morgan fingerprint density at radius 1 is 1.16 bits per heavy atom. The van der Waals surface area contributed by atoms with Gasteiger partial charge in [-0.2, -0.15) is 4.31 Å². The molecule has 1 aliphatic heterocycles. The molecule has 0 saturated carbocycles. The lowest BCUT2D eigenvalue weighted by Gasteiger charge is -2.30. The van der Waals surface area contributed by atoms with Gasteiger partial charge in [0.2, 0.25) is 0 Å². The molecule has 3 rings (SSSR count). The van der Waals surface area contributed by atoms with Crippen LogP contribution >= 0.6 is 22.9 Å². The lowest BCUT2D eigenvalue weighted by molar-refractivity contribution is 0.0875. The molecular weight excluding hydrogens is 382 g/mol. The van der Waals surface area contributed by atoms with E-state index in [9.17, 15) is 13.2 Å². The van der Waals surface area contributed by atoms with E-state index >= 15 is 0 Å². The molecule has 0 unspecified atom stereocenters. The summed E-state index contributed by atoms with van der Waals surface area (Å²) in [6.07, 6.45) is 1.03. The number of Topliss-reactive ketones (excluding diaryl/α,β-unsaturated/α-hetero) is 1. The topological polar surface area (TPSA) is 63.7 Å². The number of carbonyl (C=O) groups is 1. The lowest BCUT2D eigenvalue weighted by Crippen LogP contribution is -2.40. The molecule has 2 aromatic rings. The van der Waals surface area contributed by atoms with Gasteiger partial charge >= 0.3 is 0 Å². The van der Waals surface area contributed by atoms with Crippen LogP contribution in [0.25, 0.3) is 0 Å². The third-order valence-corrected chi connectivity index (χ3v) is 7.94. The van der Waals surface area contributed by atoms with Gasteiger partial charge in [-0.15, -0.1) is 11.3 Å². The van der Waals surface area contributed by atoms with E-state index in [2.05, 4.69) is 0 Å². The highest BCUT2D eigenvalue weighted by atomic mass is 35.5. The molecule has 1 aromatic carbocycles. The predicted molar refractivity (Wildman–Crippen MR) is 98.1 cm³/mol. The summed E-state index contributed by atoms with van der Waals surface area (Å²) in [5.74, 6) is 0.595. The van der Waals surface area contributed by atoms with E-state index in [4.69, 9.17) is 16.3 Å². The first-order valence-corrected chi connectivity index (χ1v) is 10.5. The van der Waals surface area contributed by atoms with Crippen molar-refractivity contribution in [3.05, 3.63) is 46.3 Å². The largest absolute Gasteiger partial charge is 0.497 e. The Labute approximate surface area is 156 Å². The van der Waals surface area contributed by atoms with Crippen LogP contribution in [0.15, 0.2) is 40.6 Å². The first kappa shape index (κ1) is 18.4. The zero-order valence-corrected chi connectivity index (χ0v) is 16.0. The van der Waals surface area contributed by atoms with Crippen LogP contribution in [0.5, 0.6) is 5.75 Å². The second-order valence-corrected chi connectivity index (χ2v) is 9.71. The van der Waals surface area contributed by atoms with Crippen molar-refractivity contribution in [2.45, 2.75) is 17.1 Å². The van der Waals surface area contributed by atoms with Gasteiger partial charge < -0.3 is 4.74 Å². The van der Waals surface area contributed by atoms with E-state index < -0.39 is 10.0 Å². The zero-order chi connectivity index (χ0) is 18.0. The van der Waals surface area contributed by atoms with E-state index in [0.29, 0.717) is 41.6 Å². The van der Waals surface area contributed by atoms with Crippen LogP contribution in [0.1, 0.15) is 23.2 Å². The number of thiophene rings is 1. The minimum atomic E-state index is -3.52. The van der Waals surface area contributed by atoms with Crippen LogP contribution in [0.4, 0.5) is 0 Å². The Hall–Kier alpha value is -1.41. The maximum Gasteiger partial charge on any atom is 0.252 e. The fourth-order valence-electron chi connectivity index (χ4n) is 2.91. The van der Waals surface area contributed by atoms with Gasteiger partial charge in [-0.1, -0.05) is 11.6 Å². The summed E-state index contributed by atoms with van der Waals surface area (Å²) >= 11 is 6.89. The number of hydrogen-bond donors (Lipinski definition) is 0. The average molecular weight is 400 g/mol. The molecule has 0 N–H and O–H groups in total. The monoisotopic (exact) mass is 399 g/mol. The van der Waals surface area contributed by atoms with Gasteiger partial charge in [-0.3, -0.25) is 4.79 Å². The van der Waals surface area contributed by atoms with Crippen molar-refractivity contribution in [3.8, 4) is 5.75 Å². The number of methoxy groups -OCH3 is 1. The molecule has 0 bridgehead atoms. The molecule has 134 valence electrons. The molecule has 1 aromatic heterocycles. The highest BCUT2D eigenvalue weighted by Gasteiger charge is 2.33. The summed E-state index contributed by atoms with van der Waals surface area (Å²) in [7, 11) is -1.95. The van der Waals surface area contributed by atoms with Gasteiger partial charge in [-0.25, -0.2) is 8.42 Å². The third kappa shape index (κ3) is 3.89. The Morgan fingerprint density at radius 3 is 2.32 bits per heavy atom. The molecule has 0 atom stereocenters. The molecule has 0 amide bonds. The highest BCUT2D eigenvalue weighted by Crippen LogP contribution is 2.31. The summed E-state index contributed by atoms with van der Waals surface area (Å²) in [4.78, 5) is 12.6. The minimum absolute atomic E-state index is 0.0545. The maximum absolute atomic E-state index is 12.6. The van der Waals surface area contributed by atoms with Crippen molar-refractivity contribution in [2.24, 2.45) is 5.92 Å². The van der Waals surface area contributed by atoms with Crippen LogP contribution in [0.2, 0.25) is 4.34 Å². The van der Waals surface area contributed by atoms with Gasteiger partial charge in [0.05, 0.1) is 11.4 Å². The lowest BCUT2D eigenvalue weighted by atomic mass is 9.89. The SMILES string of the molecule is COc1ccc(C(=O)C2CCN(S(=O)(=O)c3ccc(Cl)s3)CC2)cc1. The number of sulfonamides is 1. The number of carbonyl (C=O) groups excluding carboxylic acids is 1. The molecule has 1 fully saturated rings. The van der Waals surface area contributed by atoms with Gasteiger partial charge in [-0.05, 0) is 49.2 Å². The van der Waals surface area contributed by atoms with Crippen molar-refractivity contribution >= 4 is 38.7 Å². The van der Waals surface area contributed by atoms with Gasteiger partial charge in [0.1, 0.15) is 9.96 Å². The molecule has 1 saturated heterocycles. The second kappa shape index (κ2) is 7.45. The van der Waals surface area contributed by atoms with Crippen LogP contribution in [0.3, 0.4) is 0 Å². The van der Waals surface area contributed by atoms with Crippen molar-refractivity contribution in [3.63, 3.8) is 0 Å². The smallest absolute Gasteiger partial charge is 0.252 e. The number of halogens is 1. The summed E-state index contributed by atoms with van der Waals surface area (Å²) in [6, 6.07) is 10.1. The fraction of sp³-hybridized carbons (Fsp3) is 0.353. The molecule has 5 nitrogen and oxygen atoms in total. The molecule has 2 heterocycles. The number of ketones is 1. The maximum atomic E-state index is 12.6. The average Bonchev–Trinajstić information content (AvgIpc) is 3.08. The Balaban J connectivity index is 1.66. The standard InChI is InChI=1S/C17H18ClNO4S2/c1-23-14-4-2-12(3-5-14)17(20)13-8-10-19(11-9-13)25(21,22)16-7-6-15(18)24-16/h2-7,13H,8-11H2,1H3. The molecule has 25 heavy (non-hydrogen) atoms.